The SMILES string of the molecule is CC(C)CC(C)(CN)N(C)CC(C)(C)C. The number of hydrogen-bond donors (Lipinski definition) is 1. The third-order valence-electron chi connectivity index (χ3n) is 2.92. The van der Waals surface area contributed by atoms with Crippen LogP contribution in [-0.2, 0) is 0 Å². The summed E-state index contributed by atoms with van der Waals surface area (Å²) < 4.78 is 0. The fraction of sp³-hybridized carbons (Fsp3) is 1.00. The summed E-state index contributed by atoms with van der Waals surface area (Å²) in [5.41, 5.74) is 6.41. The van der Waals surface area contributed by atoms with E-state index in [1.54, 1.807) is 0 Å². The van der Waals surface area contributed by atoms with E-state index < -0.39 is 0 Å². The van der Waals surface area contributed by atoms with Crippen molar-refractivity contribution in [2.45, 2.75) is 53.5 Å². The van der Waals surface area contributed by atoms with E-state index in [-0.39, 0.29) is 5.54 Å². The second kappa shape index (κ2) is 5.31. The Labute approximate surface area is 96.2 Å². The fourth-order valence-corrected chi connectivity index (χ4v) is 2.18. The molecular formula is C13H30N2. The van der Waals surface area contributed by atoms with Gasteiger partial charge in [-0.15, -0.1) is 0 Å². The quantitative estimate of drug-likeness (QED) is 0.762. The molecule has 2 N–H and O–H groups in total. The minimum absolute atomic E-state index is 0.140. The van der Waals surface area contributed by atoms with Crippen LogP contribution in [0.25, 0.3) is 0 Å². The van der Waals surface area contributed by atoms with Crippen LogP contribution < -0.4 is 5.73 Å². The predicted molar refractivity (Wildman–Crippen MR) is 69.0 cm³/mol. The molecule has 0 spiro atoms. The Morgan fingerprint density at radius 2 is 1.60 bits per heavy atom. The van der Waals surface area contributed by atoms with Crippen LogP contribution in [0, 0.1) is 11.3 Å². The molecule has 0 saturated carbocycles. The predicted octanol–water partition coefficient (Wildman–Crippen LogP) is 2.73. The first kappa shape index (κ1) is 14.9. The number of nitrogens with zero attached hydrogens (tertiary/aromatic N) is 1. The molecule has 0 fully saturated rings. The van der Waals surface area contributed by atoms with Gasteiger partial charge in [-0.3, -0.25) is 4.90 Å². The molecule has 0 aliphatic heterocycles. The van der Waals surface area contributed by atoms with E-state index in [1.165, 1.54) is 0 Å². The van der Waals surface area contributed by atoms with Crippen molar-refractivity contribution >= 4 is 0 Å². The van der Waals surface area contributed by atoms with E-state index >= 15 is 0 Å². The highest BCUT2D eigenvalue weighted by atomic mass is 15.2. The zero-order chi connectivity index (χ0) is 12.3. The minimum atomic E-state index is 0.140. The molecular weight excluding hydrogens is 184 g/mol. The summed E-state index contributed by atoms with van der Waals surface area (Å²) in [5, 5.41) is 0. The maximum Gasteiger partial charge on any atom is 0.0303 e. The van der Waals surface area contributed by atoms with Crippen molar-refractivity contribution < 1.29 is 0 Å². The maximum absolute atomic E-state index is 5.93. The van der Waals surface area contributed by atoms with Gasteiger partial charge in [-0.1, -0.05) is 34.6 Å². The van der Waals surface area contributed by atoms with E-state index in [0.717, 1.165) is 19.5 Å². The van der Waals surface area contributed by atoms with Gasteiger partial charge < -0.3 is 5.73 Å². The average molecular weight is 214 g/mol. The fourth-order valence-electron chi connectivity index (χ4n) is 2.18. The van der Waals surface area contributed by atoms with Crippen molar-refractivity contribution in [3.8, 4) is 0 Å². The van der Waals surface area contributed by atoms with Gasteiger partial charge in [0.2, 0.25) is 0 Å². The molecule has 0 bridgehead atoms. The molecule has 0 radical (unpaired) electrons. The zero-order valence-electron chi connectivity index (χ0n) is 11.7. The largest absolute Gasteiger partial charge is 0.329 e. The molecule has 15 heavy (non-hydrogen) atoms. The Morgan fingerprint density at radius 1 is 1.13 bits per heavy atom. The average Bonchev–Trinajstić information content (AvgIpc) is 1.99. The Kier molecular flexibility index (Phi) is 5.28. The second-order valence-corrected chi connectivity index (χ2v) is 6.72. The summed E-state index contributed by atoms with van der Waals surface area (Å²) in [6.45, 7) is 15.4. The molecule has 1 unspecified atom stereocenters. The van der Waals surface area contributed by atoms with Crippen LogP contribution in [0.5, 0.6) is 0 Å². The highest BCUT2D eigenvalue weighted by molar-refractivity contribution is 4.88. The topological polar surface area (TPSA) is 29.3 Å². The van der Waals surface area contributed by atoms with Crippen LogP contribution in [0.4, 0.5) is 0 Å². The van der Waals surface area contributed by atoms with Crippen LogP contribution in [0.1, 0.15) is 48.0 Å². The van der Waals surface area contributed by atoms with Crippen molar-refractivity contribution in [3.63, 3.8) is 0 Å². The third kappa shape index (κ3) is 5.53. The Bertz CT molecular complexity index is 181. The first-order valence-electron chi connectivity index (χ1n) is 6.02. The van der Waals surface area contributed by atoms with Crippen molar-refractivity contribution in [2.75, 3.05) is 20.1 Å². The Balaban J connectivity index is 4.51. The van der Waals surface area contributed by atoms with Crippen molar-refractivity contribution in [2.24, 2.45) is 17.1 Å². The van der Waals surface area contributed by atoms with E-state index in [0.29, 0.717) is 11.3 Å². The first-order chi connectivity index (χ1) is 6.60. The molecule has 0 aromatic heterocycles. The summed E-state index contributed by atoms with van der Waals surface area (Å²) in [6, 6.07) is 0. The maximum atomic E-state index is 5.93. The zero-order valence-corrected chi connectivity index (χ0v) is 11.7. The summed E-state index contributed by atoms with van der Waals surface area (Å²) in [6.07, 6.45) is 1.16. The van der Waals surface area contributed by atoms with Crippen LogP contribution in [0.15, 0.2) is 0 Å². The van der Waals surface area contributed by atoms with Gasteiger partial charge in [-0.05, 0) is 31.7 Å². The highest BCUT2D eigenvalue weighted by Gasteiger charge is 2.30. The summed E-state index contributed by atoms with van der Waals surface area (Å²) in [4.78, 5) is 2.42. The lowest BCUT2D eigenvalue weighted by Crippen LogP contribution is -2.52. The molecule has 0 amide bonds. The first-order valence-corrected chi connectivity index (χ1v) is 6.02. The van der Waals surface area contributed by atoms with Gasteiger partial charge in [-0.25, -0.2) is 0 Å². The monoisotopic (exact) mass is 214 g/mol. The van der Waals surface area contributed by atoms with Crippen molar-refractivity contribution in [1.82, 2.24) is 4.90 Å². The molecule has 0 rings (SSSR count). The van der Waals surface area contributed by atoms with Crippen LogP contribution in [0.3, 0.4) is 0 Å². The molecule has 0 aliphatic rings. The molecule has 0 heterocycles. The normalized spacial score (nSPS) is 17.2. The van der Waals surface area contributed by atoms with Gasteiger partial charge in [0.15, 0.2) is 0 Å². The molecule has 0 saturated heterocycles. The number of likely N-dealkylation sites (N-methyl/N-ethyl adjacent to an activating group) is 1. The molecule has 2 heteroatoms. The van der Waals surface area contributed by atoms with Crippen LogP contribution >= 0.6 is 0 Å². The van der Waals surface area contributed by atoms with Crippen molar-refractivity contribution in [1.29, 1.82) is 0 Å². The Morgan fingerprint density at radius 3 is 1.87 bits per heavy atom. The van der Waals surface area contributed by atoms with Crippen molar-refractivity contribution in [3.05, 3.63) is 0 Å². The van der Waals surface area contributed by atoms with Crippen LogP contribution in [-0.4, -0.2) is 30.6 Å². The van der Waals surface area contributed by atoms with Gasteiger partial charge in [0.05, 0.1) is 0 Å². The molecule has 1 atom stereocenters. The van der Waals surface area contributed by atoms with E-state index in [1.807, 2.05) is 0 Å². The highest BCUT2D eigenvalue weighted by Crippen LogP contribution is 2.25. The summed E-state index contributed by atoms with van der Waals surface area (Å²) in [5.74, 6) is 0.695. The lowest BCUT2D eigenvalue weighted by atomic mass is 9.86. The van der Waals surface area contributed by atoms with Gasteiger partial charge in [0.1, 0.15) is 0 Å². The van der Waals surface area contributed by atoms with Gasteiger partial charge in [-0.2, -0.15) is 0 Å². The molecule has 2 nitrogen and oxygen atoms in total. The van der Waals surface area contributed by atoms with Gasteiger partial charge >= 0.3 is 0 Å². The van der Waals surface area contributed by atoms with E-state index in [4.69, 9.17) is 5.73 Å². The smallest absolute Gasteiger partial charge is 0.0303 e. The Hall–Kier alpha value is -0.0800. The van der Waals surface area contributed by atoms with Crippen LogP contribution in [0.2, 0.25) is 0 Å². The number of nitrogens with two attached hydrogens (primary N) is 1. The lowest BCUT2D eigenvalue weighted by Gasteiger charge is -2.42. The minimum Gasteiger partial charge on any atom is -0.329 e. The van der Waals surface area contributed by atoms with E-state index in [9.17, 15) is 0 Å². The molecule has 0 aromatic carbocycles. The summed E-state index contributed by atoms with van der Waals surface area (Å²) >= 11 is 0. The standard InChI is InChI=1S/C13H30N2/c1-11(2)8-13(6,9-14)15(7)10-12(3,4)5/h11H,8-10,14H2,1-7H3. The number of hydrogen-bond acceptors (Lipinski definition) is 2. The molecule has 0 aliphatic carbocycles. The lowest BCUT2D eigenvalue weighted by molar-refractivity contribution is 0.0823. The number of rotatable bonds is 5. The molecule has 0 aromatic rings. The van der Waals surface area contributed by atoms with Gasteiger partial charge in [0.25, 0.3) is 0 Å². The van der Waals surface area contributed by atoms with E-state index in [2.05, 4.69) is 53.5 Å². The summed E-state index contributed by atoms with van der Waals surface area (Å²) in [7, 11) is 2.19. The molecule has 92 valence electrons. The third-order valence-corrected chi connectivity index (χ3v) is 2.92. The second-order valence-electron chi connectivity index (χ2n) is 6.72. The van der Waals surface area contributed by atoms with Gasteiger partial charge in [0, 0.05) is 18.6 Å².